The molecule has 2 rings (SSSR count). The molecule has 0 radical (unpaired) electrons. The van der Waals surface area contributed by atoms with Gasteiger partial charge >= 0.3 is 0 Å². The number of hydrogen-bond donors (Lipinski definition) is 2. The van der Waals surface area contributed by atoms with E-state index in [9.17, 15) is 14.0 Å². The van der Waals surface area contributed by atoms with E-state index < -0.39 is 5.82 Å². The molecule has 0 saturated heterocycles. The van der Waals surface area contributed by atoms with Gasteiger partial charge in [-0.25, -0.2) is 4.39 Å². The number of rotatable bonds is 4. The number of benzene rings is 1. The molecule has 0 spiro atoms. The molecule has 1 saturated carbocycles. The van der Waals surface area contributed by atoms with E-state index >= 15 is 0 Å². The first-order valence-electron chi connectivity index (χ1n) is 6.91. The van der Waals surface area contributed by atoms with Gasteiger partial charge in [0, 0.05) is 19.0 Å². The zero-order valence-electron chi connectivity index (χ0n) is 11.5. The van der Waals surface area contributed by atoms with E-state index in [0.717, 1.165) is 12.8 Å². The van der Waals surface area contributed by atoms with Crippen LogP contribution in [0.2, 0.25) is 0 Å². The van der Waals surface area contributed by atoms with Gasteiger partial charge in [0.25, 0.3) is 0 Å². The summed E-state index contributed by atoms with van der Waals surface area (Å²) in [6.45, 7) is 1.31. The molecular weight excluding hydrogens is 259 g/mol. The molecule has 2 N–H and O–H groups in total. The molecule has 1 aromatic carbocycles. The number of halogens is 1. The molecule has 0 aliphatic heterocycles. The molecule has 1 fully saturated rings. The van der Waals surface area contributed by atoms with Crippen LogP contribution in [0.4, 0.5) is 15.8 Å². The minimum Gasteiger partial charge on any atom is -0.326 e. The van der Waals surface area contributed by atoms with Crippen LogP contribution in [0.5, 0.6) is 0 Å². The molecule has 5 heteroatoms. The van der Waals surface area contributed by atoms with Gasteiger partial charge < -0.3 is 10.6 Å². The third-order valence-electron chi connectivity index (χ3n) is 3.51. The van der Waals surface area contributed by atoms with Crippen LogP contribution in [-0.2, 0) is 9.59 Å². The van der Waals surface area contributed by atoms with Crippen molar-refractivity contribution in [2.24, 2.45) is 5.92 Å². The predicted octanol–water partition coefficient (Wildman–Crippen LogP) is 3.30. The fourth-order valence-electron chi connectivity index (χ4n) is 2.58. The fraction of sp³-hybridized carbons (Fsp3) is 0.467. The number of hydrogen-bond acceptors (Lipinski definition) is 2. The van der Waals surface area contributed by atoms with Crippen LogP contribution in [0.3, 0.4) is 0 Å². The normalized spacial score (nSPS) is 15.1. The summed E-state index contributed by atoms with van der Waals surface area (Å²) in [5.74, 6) is -0.463. The number of carbonyl (C=O) groups excluding carboxylic acids is 2. The Morgan fingerprint density at radius 2 is 1.95 bits per heavy atom. The predicted molar refractivity (Wildman–Crippen MR) is 75.9 cm³/mol. The second-order valence-corrected chi connectivity index (χ2v) is 5.28. The quantitative estimate of drug-likeness (QED) is 0.887. The zero-order valence-corrected chi connectivity index (χ0v) is 11.5. The highest BCUT2D eigenvalue weighted by atomic mass is 19.1. The lowest BCUT2D eigenvalue weighted by Crippen LogP contribution is -2.15. The van der Waals surface area contributed by atoms with Gasteiger partial charge in [0.2, 0.25) is 11.8 Å². The maximum Gasteiger partial charge on any atom is 0.224 e. The Morgan fingerprint density at radius 3 is 2.60 bits per heavy atom. The third-order valence-corrected chi connectivity index (χ3v) is 3.51. The van der Waals surface area contributed by atoms with Gasteiger partial charge in [-0.3, -0.25) is 9.59 Å². The average Bonchev–Trinajstić information content (AvgIpc) is 2.85. The Bertz CT molecular complexity index is 511. The van der Waals surface area contributed by atoms with Gasteiger partial charge in [-0.15, -0.1) is 0 Å². The van der Waals surface area contributed by atoms with Crippen molar-refractivity contribution in [2.45, 2.75) is 39.0 Å². The van der Waals surface area contributed by atoms with E-state index in [1.165, 1.54) is 38.0 Å². The van der Waals surface area contributed by atoms with E-state index in [2.05, 4.69) is 10.6 Å². The van der Waals surface area contributed by atoms with Crippen LogP contribution < -0.4 is 10.6 Å². The van der Waals surface area contributed by atoms with Gasteiger partial charge in [-0.1, -0.05) is 12.8 Å². The first-order valence-corrected chi connectivity index (χ1v) is 6.91. The van der Waals surface area contributed by atoms with Crippen molar-refractivity contribution in [1.29, 1.82) is 0 Å². The first kappa shape index (κ1) is 14.5. The summed E-state index contributed by atoms with van der Waals surface area (Å²) in [6.07, 6.45) is 5.11. The SMILES string of the molecule is CC(=O)Nc1cc(NC(=O)CC2CCCC2)ccc1F. The lowest BCUT2D eigenvalue weighted by molar-refractivity contribution is -0.117. The van der Waals surface area contributed by atoms with E-state index in [0.29, 0.717) is 18.0 Å². The first-order chi connectivity index (χ1) is 9.54. The molecule has 1 aromatic rings. The van der Waals surface area contributed by atoms with Crippen molar-refractivity contribution in [3.8, 4) is 0 Å². The fourth-order valence-corrected chi connectivity index (χ4v) is 2.58. The van der Waals surface area contributed by atoms with E-state index in [-0.39, 0.29) is 17.5 Å². The topological polar surface area (TPSA) is 58.2 Å². The number of nitrogens with one attached hydrogen (secondary N) is 2. The molecule has 1 aliphatic rings. The monoisotopic (exact) mass is 278 g/mol. The highest BCUT2D eigenvalue weighted by Gasteiger charge is 2.18. The molecule has 108 valence electrons. The molecule has 20 heavy (non-hydrogen) atoms. The number of anilines is 2. The van der Waals surface area contributed by atoms with Crippen LogP contribution in [0.1, 0.15) is 39.0 Å². The molecule has 0 bridgehead atoms. The summed E-state index contributed by atoms with van der Waals surface area (Å²) < 4.78 is 13.5. The van der Waals surface area contributed by atoms with Gasteiger partial charge in [-0.05, 0) is 37.0 Å². The summed E-state index contributed by atoms with van der Waals surface area (Å²) in [5, 5.41) is 5.15. The maximum atomic E-state index is 13.5. The van der Waals surface area contributed by atoms with Crippen molar-refractivity contribution in [1.82, 2.24) is 0 Å². The molecule has 4 nitrogen and oxygen atoms in total. The molecule has 0 unspecified atom stereocenters. The Morgan fingerprint density at radius 1 is 1.25 bits per heavy atom. The van der Waals surface area contributed by atoms with Crippen molar-refractivity contribution in [3.05, 3.63) is 24.0 Å². The summed E-state index contributed by atoms with van der Waals surface area (Å²) >= 11 is 0. The van der Waals surface area contributed by atoms with Crippen molar-refractivity contribution in [2.75, 3.05) is 10.6 Å². The number of amides is 2. The summed E-state index contributed by atoms with van der Waals surface area (Å²) in [4.78, 5) is 22.9. The maximum absolute atomic E-state index is 13.5. The van der Waals surface area contributed by atoms with Crippen LogP contribution >= 0.6 is 0 Å². The Balaban J connectivity index is 1.97. The van der Waals surface area contributed by atoms with E-state index in [4.69, 9.17) is 0 Å². The summed E-state index contributed by atoms with van der Waals surface area (Å²) in [6, 6.07) is 4.16. The van der Waals surface area contributed by atoms with Gasteiger partial charge in [0.15, 0.2) is 0 Å². The molecule has 0 heterocycles. The molecule has 2 amide bonds. The minimum absolute atomic E-state index is 0.0581. The van der Waals surface area contributed by atoms with Crippen LogP contribution in [0.25, 0.3) is 0 Å². The Labute approximate surface area is 117 Å². The lowest BCUT2D eigenvalue weighted by Gasteiger charge is -2.11. The van der Waals surface area contributed by atoms with Crippen molar-refractivity contribution >= 4 is 23.2 Å². The lowest BCUT2D eigenvalue weighted by atomic mass is 10.0. The van der Waals surface area contributed by atoms with E-state index in [1.54, 1.807) is 0 Å². The second-order valence-electron chi connectivity index (χ2n) is 5.28. The smallest absolute Gasteiger partial charge is 0.224 e. The van der Waals surface area contributed by atoms with Crippen LogP contribution in [-0.4, -0.2) is 11.8 Å². The van der Waals surface area contributed by atoms with Crippen molar-refractivity contribution in [3.63, 3.8) is 0 Å². The highest BCUT2D eigenvalue weighted by molar-refractivity contribution is 5.93. The second kappa shape index (κ2) is 6.50. The van der Waals surface area contributed by atoms with E-state index in [1.807, 2.05) is 0 Å². The molecule has 0 aromatic heterocycles. The van der Waals surface area contributed by atoms with Crippen LogP contribution in [0, 0.1) is 11.7 Å². The molecule has 0 atom stereocenters. The third kappa shape index (κ3) is 4.05. The highest BCUT2D eigenvalue weighted by Crippen LogP contribution is 2.28. The Hall–Kier alpha value is -1.91. The van der Waals surface area contributed by atoms with Gasteiger partial charge in [-0.2, -0.15) is 0 Å². The molecular formula is C15H19FN2O2. The Kier molecular flexibility index (Phi) is 4.71. The number of carbonyl (C=O) groups is 2. The molecule has 1 aliphatic carbocycles. The summed E-state index contributed by atoms with van der Waals surface area (Å²) in [5.41, 5.74) is 0.578. The minimum atomic E-state index is -0.519. The van der Waals surface area contributed by atoms with Gasteiger partial charge in [0.1, 0.15) is 5.82 Å². The van der Waals surface area contributed by atoms with Crippen molar-refractivity contribution < 1.29 is 14.0 Å². The standard InChI is InChI=1S/C15H19FN2O2/c1-10(19)17-14-9-12(6-7-13(14)16)18-15(20)8-11-4-2-3-5-11/h6-7,9,11H,2-5,8H2,1H3,(H,17,19)(H,18,20). The average molecular weight is 278 g/mol. The zero-order chi connectivity index (χ0) is 14.5. The van der Waals surface area contributed by atoms with Gasteiger partial charge in [0.05, 0.1) is 5.69 Å². The summed E-state index contributed by atoms with van der Waals surface area (Å²) in [7, 11) is 0. The largest absolute Gasteiger partial charge is 0.326 e. The van der Waals surface area contributed by atoms with Crippen LogP contribution in [0.15, 0.2) is 18.2 Å².